The van der Waals surface area contributed by atoms with E-state index < -0.39 is 11.9 Å². The second-order valence-electron chi connectivity index (χ2n) is 6.87. The molecular formula is C21H40O4. The fourth-order valence-electron chi connectivity index (χ4n) is 2.77. The van der Waals surface area contributed by atoms with E-state index in [1.807, 2.05) is 6.92 Å². The van der Waals surface area contributed by atoms with Gasteiger partial charge in [-0.05, 0) is 12.8 Å². The Morgan fingerprint density at radius 1 is 0.480 bits per heavy atom. The highest BCUT2D eigenvalue weighted by molar-refractivity contribution is 6.29. The molecule has 0 bridgehead atoms. The fraction of sp³-hybridized carbons (Fsp3) is 0.905. The number of ether oxygens (including phenoxy) is 2. The summed E-state index contributed by atoms with van der Waals surface area (Å²) < 4.78 is 9.61. The van der Waals surface area contributed by atoms with E-state index >= 15 is 0 Å². The van der Waals surface area contributed by atoms with Gasteiger partial charge in [0.2, 0.25) is 0 Å². The molecule has 0 saturated heterocycles. The van der Waals surface area contributed by atoms with E-state index in [1.54, 1.807) is 0 Å². The summed E-state index contributed by atoms with van der Waals surface area (Å²) in [4.78, 5) is 22.5. The number of carbonyl (C=O) groups excluding carboxylic acids is 2. The molecule has 0 aliphatic carbocycles. The molecule has 148 valence electrons. The summed E-state index contributed by atoms with van der Waals surface area (Å²) in [7, 11) is 0. The van der Waals surface area contributed by atoms with Crippen LogP contribution in [0.2, 0.25) is 0 Å². The number of rotatable bonds is 17. The number of unbranched alkanes of at least 4 members (excludes halogenated alkanes) is 13. The number of esters is 2. The maximum atomic E-state index is 11.3. The Kier molecular flexibility index (Phi) is 18.5. The largest absolute Gasteiger partial charge is 0.457 e. The lowest BCUT2D eigenvalue weighted by Gasteiger charge is -2.05. The molecule has 0 saturated carbocycles. The van der Waals surface area contributed by atoms with Gasteiger partial charge in [0.25, 0.3) is 0 Å². The molecule has 4 heteroatoms. The molecule has 0 aromatic carbocycles. The number of carbonyl (C=O) groups is 2. The molecule has 0 spiro atoms. The fourth-order valence-corrected chi connectivity index (χ4v) is 2.77. The molecule has 0 heterocycles. The van der Waals surface area contributed by atoms with Crippen LogP contribution in [-0.4, -0.2) is 25.2 Å². The predicted octanol–water partition coefficient (Wildman–Crippen LogP) is 5.96. The molecule has 0 rings (SSSR count). The van der Waals surface area contributed by atoms with Crippen molar-refractivity contribution in [2.75, 3.05) is 13.2 Å². The minimum absolute atomic E-state index is 0.271. The summed E-state index contributed by atoms with van der Waals surface area (Å²) >= 11 is 0. The molecule has 0 N–H and O–H groups in total. The standard InChI is InChI=1S/C21H40O4/c1-3-5-6-7-8-9-10-11-12-13-14-15-16-17-19-25-21(23)20(22)24-18-4-2/h3-19H2,1-2H3. The van der Waals surface area contributed by atoms with Crippen LogP contribution in [-0.2, 0) is 19.1 Å². The van der Waals surface area contributed by atoms with Gasteiger partial charge < -0.3 is 9.47 Å². The molecule has 0 atom stereocenters. The number of hydrogen-bond donors (Lipinski definition) is 0. The van der Waals surface area contributed by atoms with Crippen LogP contribution in [0.1, 0.15) is 110 Å². The second-order valence-corrected chi connectivity index (χ2v) is 6.87. The summed E-state index contributed by atoms with van der Waals surface area (Å²) in [5, 5.41) is 0. The van der Waals surface area contributed by atoms with Crippen LogP contribution < -0.4 is 0 Å². The van der Waals surface area contributed by atoms with E-state index in [1.165, 1.54) is 77.0 Å². The van der Waals surface area contributed by atoms with E-state index in [9.17, 15) is 9.59 Å². The monoisotopic (exact) mass is 356 g/mol. The van der Waals surface area contributed by atoms with Crippen molar-refractivity contribution in [3.05, 3.63) is 0 Å². The van der Waals surface area contributed by atoms with Gasteiger partial charge in [-0.15, -0.1) is 0 Å². The van der Waals surface area contributed by atoms with E-state index in [0.717, 1.165) is 12.8 Å². The molecule has 0 aromatic rings. The van der Waals surface area contributed by atoms with Gasteiger partial charge >= 0.3 is 11.9 Å². The van der Waals surface area contributed by atoms with Gasteiger partial charge in [0.05, 0.1) is 13.2 Å². The van der Waals surface area contributed by atoms with Crippen molar-refractivity contribution in [2.45, 2.75) is 110 Å². The van der Waals surface area contributed by atoms with Gasteiger partial charge in [-0.25, -0.2) is 9.59 Å². The Bertz CT molecular complexity index is 315. The van der Waals surface area contributed by atoms with Crippen LogP contribution >= 0.6 is 0 Å². The minimum atomic E-state index is -0.868. The van der Waals surface area contributed by atoms with Crippen molar-refractivity contribution >= 4 is 11.9 Å². The Balaban J connectivity index is 3.18. The van der Waals surface area contributed by atoms with Crippen LogP contribution in [0.3, 0.4) is 0 Å². The SMILES string of the molecule is CCCCCCCCCCCCCCCCOC(=O)C(=O)OCCC. The lowest BCUT2D eigenvalue weighted by Crippen LogP contribution is -2.21. The Morgan fingerprint density at radius 2 is 0.840 bits per heavy atom. The second kappa shape index (κ2) is 19.3. The van der Waals surface area contributed by atoms with Crippen LogP contribution in [0.25, 0.3) is 0 Å². The third kappa shape index (κ3) is 17.6. The van der Waals surface area contributed by atoms with Crippen LogP contribution in [0.4, 0.5) is 0 Å². The van der Waals surface area contributed by atoms with Gasteiger partial charge in [-0.3, -0.25) is 0 Å². The zero-order valence-corrected chi connectivity index (χ0v) is 16.7. The van der Waals surface area contributed by atoms with Crippen LogP contribution in [0.5, 0.6) is 0 Å². The minimum Gasteiger partial charge on any atom is -0.457 e. The lowest BCUT2D eigenvalue weighted by atomic mass is 10.0. The van der Waals surface area contributed by atoms with Crippen molar-refractivity contribution in [1.29, 1.82) is 0 Å². The van der Waals surface area contributed by atoms with Gasteiger partial charge in [-0.2, -0.15) is 0 Å². The van der Waals surface area contributed by atoms with Crippen LogP contribution in [0, 0.1) is 0 Å². The average molecular weight is 357 g/mol. The maximum Gasteiger partial charge on any atom is 0.417 e. The average Bonchev–Trinajstić information content (AvgIpc) is 2.62. The summed E-state index contributed by atoms with van der Waals surface area (Å²) in [5.41, 5.74) is 0. The highest BCUT2D eigenvalue weighted by atomic mass is 16.6. The van der Waals surface area contributed by atoms with Gasteiger partial charge in [-0.1, -0.05) is 97.3 Å². The number of hydrogen-bond acceptors (Lipinski definition) is 4. The topological polar surface area (TPSA) is 52.6 Å². The Labute approximate surface area is 155 Å². The van der Waals surface area contributed by atoms with Gasteiger partial charge in [0.1, 0.15) is 0 Å². The first kappa shape index (κ1) is 23.9. The lowest BCUT2D eigenvalue weighted by molar-refractivity contribution is -0.167. The quantitative estimate of drug-likeness (QED) is 0.183. The summed E-state index contributed by atoms with van der Waals surface area (Å²) in [6.45, 7) is 4.73. The van der Waals surface area contributed by atoms with Gasteiger partial charge in [0.15, 0.2) is 0 Å². The highest BCUT2D eigenvalue weighted by Crippen LogP contribution is 2.12. The molecule has 0 unspecified atom stereocenters. The van der Waals surface area contributed by atoms with E-state index in [-0.39, 0.29) is 6.61 Å². The smallest absolute Gasteiger partial charge is 0.417 e. The van der Waals surface area contributed by atoms with Crippen molar-refractivity contribution in [2.24, 2.45) is 0 Å². The Hall–Kier alpha value is -1.06. The maximum absolute atomic E-state index is 11.3. The molecule has 0 fully saturated rings. The summed E-state index contributed by atoms with van der Waals surface area (Å²) in [5.74, 6) is -1.73. The normalized spacial score (nSPS) is 10.6. The first-order valence-corrected chi connectivity index (χ1v) is 10.6. The third-order valence-corrected chi connectivity index (χ3v) is 4.33. The first-order valence-electron chi connectivity index (χ1n) is 10.6. The summed E-state index contributed by atoms with van der Waals surface area (Å²) in [6, 6.07) is 0. The van der Waals surface area contributed by atoms with E-state index in [4.69, 9.17) is 9.47 Å². The molecule has 4 nitrogen and oxygen atoms in total. The summed E-state index contributed by atoms with van der Waals surface area (Å²) in [6.07, 6.45) is 18.7. The predicted molar refractivity (Wildman–Crippen MR) is 103 cm³/mol. The van der Waals surface area contributed by atoms with Crippen molar-refractivity contribution in [3.8, 4) is 0 Å². The highest BCUT2D eigenvalue weighted by Gasteiger charge is 2.16. The van der Waals surface area contributed by atoms with Crippen molar-refractivity contribution in [3.63, 3.8) is 0 Å². The molecule has 0 amide bonds. The molecule has 0 radical (unpaired) electrons. The molecule has 0 aliphatic rings. The van der Waals surface area contributed by atoms with E-state index in [2.05, 4.69) is 6.92 Å². The van der Waals surface area contributed by atoms with Gasteiger partial charge in [0, 0.05) is 0 Å². The molecule has 0 aromatic heterocycles. The zero-order valence-electron chi connectivity index (χ0n) is 16.7. The molecule has 0 aliphatic heterocycles. The van der Waals surface area contributed by atoms with E-state index in [0.29, 0.717) is 13.0 Å². The van der Waals surface area contributed by atoms with Crippen molar-refractivity contribution < 1.29 is 19.1 Å². The van der Waals surface area contributed by atoms with Crippen molar-refractivity contribution in [1.82, 2.24) is 0 Å². The third-order valence-electron chi connectivity index (χ3n) is 4.33. The van der Waals surface area contributed by atoms with Crippen LogP contribution in [0.15, 0.2) is 0 Å². The zero-order chi connectivity index (χ0) is 18.6. The molecule has 25 heavy (non-hydrogen) atoms. The first-order chi connectivity index (χ1) is 12.2. The molecular weight excluding hydrogens is 316 g/mol. The Morgan fingerprint density at radius 3 is 1.24 bits per heavy atom.